The zero-order valence-corrected chi connectivity index (χ0v) is 15.3. The number of carbonyl (C=O) groups excluding carboxylic acids is 2. The lowest BCUT2D eigenvalue weighted by Gasteiger charge is -2.18. The van der Waals surface area contributed by atoms with Crippen molar-refractivity contribution in [2.45, 2.75) is 25.3 Å². The van der Waals surface area contributed by atoms with Crippen LogP contribution < -0.4 is 10.2 Å². The van der Waals surface area contributed by atoms with Gasteiger partial charge in [-0.25, -0.2) is 0 Å². The van der Waals surface area contributed by atoms with E-state index in [1.807, 2.05) is 0 Å². The lowest BCUT2D eigenvalue weighted by molar-refractivity contribution is -0.138. The Kier molecular flexibility index (Phi) is 5.78. The average molecular weight is 430 g/mol. The Morgan fingerprint density at radius 3 is 2.20 bits per heavy atom. The van der Waals surface area contributed by atoms with Crippen molar-refractivity contribution in [1.82, 2.24) is 5.32 Å². The molecular formula is C20H16F6N2O2. The van der Waals surface area contributed by atoms with Gasteiger partial charge in [-0.2, -0.15) is 26.3 Å². The van der Waals surface area contributed by atoms with E-state index in [-0.39, 0.29) is 30.8 Å². The van der Waals surface area contributed by atoms with Crippen molar-refractivity contribution < 1.29 is 35.9 Å². The number of nitrogens with zero attached hydrogens (tertiary/aromatic N) is 1. The summed E-state index contributed by atoms with van der Waals surface area (Å²) < 4.78 is 76.9. The second-order valence-electron chi connectivity index (χ2n) is 6.80. The smallest absolute Gasteiger partial charge is 0.351 e. The van der Waals surface area contributed by atoms with Gasteiger partial charge in [0, 0.05) is 18.8 Å². The van der Waals surface area contributed by atoms with Gasteiger partial charge in [-0.15, -0.1) is 0 Å². The van der Waals surface area contributed by atoms with Crippen LogP contribution in [0.5, 0.6) is 0 Å². The van der Waals surface area contributed by atoms with Gasteiger partial charge >= 0.3 is 12.4 Å². The zero-order chi connectivity index (χ0) is 22.1. The number of hydrogen-bond donors (Lipinski definition) is 1. The molecule has 30 heavy (non-hydrogen) atoms. The third-order valence-corrected chi connectivity index (χ3v) is 4.73. The van der Waals surface area contributed by atoms with Gasteiger partial charge in [0.2, 0.25) is 11.8 Å². The predicted octanol–water partition coefficient (Wildman–Crippen LogP) is 4.39. The molecule has 0 radical (unpaired) electrons. The molecule has 160 valence electrons. The van der Waals surface area contributed by atoms with Crippen molar-refractivity contribution in [3.05, 3.63) is 65.2 Å². The molecule has 1 heterocycles. The fourth-order valence-electron chi connectivity index (χ4n) is 3.20. The summed E-state index contributed by atoms with van der Waals surface area (Å²) >= 11 is 0. The Morgan fingerprint density at radius 1 is 0.967 bits per heavy atom. The summed E-state index contributed by atoms with van der Waals surface area (Å²) in [5, 5.41) is 2.42. The lowest BCUT2D eigenvalue weighted by atomic mass is 10.1. The molecular weight excluding hydrogens is 414 g/mol. The molecule has 0 spiro atoms. The third-order valence-electron chi connectivity index (χ3n) is 4.73. The predicted molar refractivity (Wildman–Crippen MR) is 95.2 cm³/mol. The minimum absolute atomic E-state index is 0.0306. The van der Waals surface area contributed by atoms with Crippen LogP contribution in [0.3, 0.4) is 0 Å². The number of alkyl halides is 6. The van der Waals surface area contributed by atoms with Gasteiger partial charge in [-0.1, -0.05) is 18.2 Å². The normalized spacial score (nSPS) is 17.3. The lowest BCUT2D eigenvalue weighted by Crippen LogP contribution is -2.36. The molecule has 1 saturated heterocycles. The van der Waals surface area contributed by atoms with Gasteiger partial charge in [0.25, 0.3) is 0 Å². The van der Waals surface area contributed by atoms with Crippen molar-refractivity contribution in [3.8, 4) is 0 Å². The largest absolute Gasteiger partial charge is 0.416 e. The van der Waals surface area contributed by atoms with Crippen LogP contribution in [0.15, 0.2) is 48.5 Å². The van der Waals surface area contributed by atoms with Gasteiger partial charge in [0.05, 0.1) is 11.1 Å². The van der Waals surface area contributed by atoms with Crippen LogP contribution in [-0.2, 0) is 28.5 Å². The number of benzene rings is 2. The Morgan fingerprint density at radius 2 is 1.57 bits per heavy atom. The van der Waals surface area contributed by atoms with E-state index in [1.165, 1.54) is 24.3 Å². The minimum atomic E-state index is -4.57. The van der Waals surface area contributed by atoms with E-state index < -0.39 is 41.2 Å². The highest BCUT2D eigenvalue weighted by atomic mass is 19.4. The van der Waals surface area contributed by atoms with Crippen molar-refractivity contribution in [3.63, 3.8) is 0 Å². The van der Waals surface area contributed by atoms with Gasteiger partial charge in [-0.3, -0.25) is 9.59 Å². The average Bonchev–Trinajstić information content (AvgIpc) is 3.06. The number of rotatable bonds is 4. The summed E-state index contributed by atoms with van der Waals surface area (Å²) in [5.41, 5.74) is -1.53. The van der Waals surface area contributed by atoms with Crippen LogP contribution in [0.1, 0.15) is 23.1 Å². The number of halogens is 6. The maximum atomic E-state index is 12.9. The van der Waals surface area contributed by atoms with Crippen molar-refractivity contribution >= 4 is 17.5 Å². The van der Waals surface area contributed by atoms with E-state index in [9.17, 15) is 35.9 Å². The second-order valence-corrected chi connectivity index (χ2v) is 6.80. The standard InChI is InChI=1S/C20H16F6N2O2/c21-19(22,23)13-4-1-3-12(9-13)11-27-17(29)16-7-8-28(18(16)30)15-6-2-5-14(10-15)20(24,25)26/h1-6,9-10,16H,7-8,11H2,(H,27,29)/t16-/m1/s1. The Balaban J connectivity index is 1.66. The highest BCUT2D eigenvalue weighted by Gasteiger charge is 2.38. The van der Waals surface area contributed by atoms with E-state index in [0.717, 1.165) is 29.2 Å². The van der Waals surface area contributed by atoms with Gasteiger partial charge in [-0.05, 0) is 42.3 Å². The van der Waals surface area contributed by atoms with Gasteiger partial charge in [0.1, 0.15) is 5.92 Å². The molecule has 3 rings (SSSR count). The van der Waals surface area contributed by atoms with E-state index in [1.54, 1.807) is 0 Å². The number of carbonyl (C=O) groups is 2. The van der Waals surface area contributed by atoms with Crippen molar-refractivity contribution in [1.29, 1.82) is 0 Å². The van der Waals surface area contributed by atoms with E-state index in [2.05, 4.69) is 5.32 Å². The Labute approximate surface area is 167 Å². The van der Waals surface area contributed by atoms with Crippen LogP contribution in [-0.4, -0.2) is 18.4 Å². The zero-order valence-electron chi connectivity index (χ0n) is 15.3. The van der Waals surface area contributed by atoms with Crippen LogP contribution in [0.2, 0.25) is 0 Å². The maximum Gasteiger partial charge on any atom is 0.416 e. The summed E-state index contributed by atoms with van der Waals surface area (Å²) in [6.07, 6.45) is -9.00. The molecule has 0 unspecified atom stereocenters. The Bertz CT molecular complexity index is 955. The molecule has 1 fully saturated rings. The highest BCUT2D eigenvalue weighted by molar-refractivity contribution is 6.09. The Hall–Kier alpha value is -3.04. The number of nitrogens with one attached hydrogen (secondary N) is 1. The summed E-state index contributed by atoms with van der Waals surface area (Å²) in [7, 11) is 0. The first-order chi connectivity index (χ1) is 14.0. The maximum absolute atomic E-state index is 12.9. The number of anilines is 1. The molecule has 4 nitrogen and oxygen atoms in total. The minimum Gasteiger partial charge on any atom is -0.351 e. The molecule has 10 heteroatoms. The van der Waals surface area contributed by atoms with Crippen molar-refractivity contribution in [2.24, 2.45) is 5.92 Å². The first-order valence-corrected chi connectivity index (χ1v) is 8.89. The quantitative estimate of drug-likeness (QED) is 0.578. The molecule has 2 aromatic carbocycles. The number of hydrogen-bond acceptors (Lipinski definition) is 2. The molecule has 0 saturated carbocycles. The van der Waals surface area contributed by atoms with Gasteiger partial charge in [0.15, 0.2) is 0 Å². The van der Waals surface area contributed by atoms with E-state index in [4.69, 9.17) is 0 Å². The fourth-order valence-corrected chi connectivity index (χ4v) is 3.20. The molecule has 0 bridgehead atoms. The third kappa shape index (κ3) is 4.74. The molecule has 0 aromatic heterocycles. The SMILES string of the molecule is O=C(NCc1cccc(C(F)(F)F)c1)[C@H]1CCN(c2cccc(C(F)(F)F)c2)C1=O. The van der Waals surface area contributed by atoms with Crippen LogP contribution >= 0.6 is 0 Å². The molecule has 1 aliphatic heterocycles. The van der Waals surface area contributed by atoms with Crippen LogP contribution in [0, 0.1) is 5.92 Å². The topological polar surface area (TPSA) is 49.4 Å². The van der Waals surface area contributed by atoms with E-state index >= 15 is 0 Å². The summed E-state index contributed by atoms with van der Waals surface area (Å²) in [6, 6.07) is 8.64. The van der Waals surface area contributed by atoms with E-state index in [0.29, 0.717) is 0 Å². The number of amides is 2. The van der Waals surface area contributed by atoms with Crippen LogP contribution in [0.25, 0.3) is 0 Å². The monoisotopic (exact) mass is 430 g/mol. The second kappa shape index (κ2) is 8.00. The first-order valence-electron chi connectivity index (χ1n) is 8.89. The van der Waals surface area contributed by atoms with Crippen molar-refractivity contribution in [2.75, 3.05) is 11.4 Å². The molecule has 1 N–H and O–H groups in total. The summed E-state index contributed by atoms with van der Waals surface area (Å²) in [6.45, 7) is -0.155. The molecule has 1 atom stereocenters. The highest BCUT2D eigenvalue weighted by Crippen LogP contribution is 2.33. The summed E-state index contributed by atoms with van der Waals surface area (Å²) in [5.74, 6) is -2.46. The fraction of sp³-hybridized carbons (Fsp3) is 0.300. The summed E-state index contributed by atoms with van der Waals surface area (Å²) in [4.78, 5) is 26.0. The van der Waals surface area contributed by atoms with Gasteiger partial charge < -0.3 is 10.2 Å². The molecule has 2 amide bonds. The van der Waals surface area contributed by atoms with Crippen LogP contribution in [0.4, 0.5) is 32.0 Å². The molecule has 1 aliphatic rings. The first kappa shape index (κ1) is 21.7. The molecule has 2 aromatic rings. The molecule has 0 aliphatic carbocycles.